The Balaban J connectivity index is 1.52. The topological polar surface area (TPSA) is 71.2 Å². The fourth-order valence-electron chi connectivity index (χ4n) is 3.56. The predicted octanol–water partition coefficient (Wildman–Crippen LogP) is 4.62. The first kappa shape index (κ1) is 19.8. The molecule has 154 valence electrons. The van der Waals surface area contributed by atoms with Crippen LogP contribution in [-0.2, 0) is 19.1 Å². The van der Waals surface area contributed by atoms with Gasteiger partial charge in [0, 0.05) is 36.9 Å². The average molecular weight is 412 g/mol. The van der Waals surface area contributed by atoms with E-state index in [-0.39, 0.29) is 5.91 Å². The molecule has 0 saturated heterocycles. The van der Waals surface area contributed by atoms with E-state index in [1.165, 1.54) is 24.5 Å². The van der Waals surface area contributed by atoms with Crippen LogP contribution >= 0.6 is 0 Å². The van der Waals surface area contributed by atoms with Crippen molar-refractivity contribution in [3.63, 3.8) is 0 Å². The smallest absolute Gasteiger partial charge is 0.397 e. The van der Waals surface area contributed by atoms with Gasteiger partial charge in [0.05, 0.1) is 16.8 Å². The molecular weight excluding hydrogens is 393 g/mol. The average Bonchev–Trinajstić information content (AvgIpc) is 2.73. The van der Waals surface area contributed by atoms with Crippen LogP contribution in [0.5, 0.6) is 0 Å². The maximum absolute atomic E-state index is 12.8. The third kappa shape index (κ3) is 4.07. The fraction of sp³-hybridized carbons (Fsp3) is 0.182. The van der Waals surface area contributed by atoms with Crippen LogP contribution in [0.3, 0.4) is 0 Å². The van der Waals surface area contributed by atoms with E-state index < -0.39 is 11.7 Å². The molecule has 0 unspecified atom stereocenters. The number of nitrogens with one attached hydrogen (secondary N) is 1. The molecular formula is C22H19F3N4O. The van der Waals surface area contributed by atoms with Gasteiger partial charge in [0.25, 0.3) is 5.91 Å². The Morgan fingerprint density at radius 3 is 2.57 bits per heavy atom. The summed E-state index contributed by atoms with van der Waals surface area (Å²) in [4.78, 5) is 18.5. The van der Waals surface area contributed by atoms with Gasteiger partial charge in [0.15, 0.2) is 0 Å². The van der Waals surface area contributed by atoms with E-state index in [9.17, 15) is 18.0 Å². The number of amides is 1. The zero-order valence-electron chi connectivity index (χ0n) is 15.9. The SMILES string of the molecule is Nc1cncc(C(=O)N2CCc3c(cccc3Nc3ccc(C(F)(F)F)cc3)C2)c1. The highest BCUT2D eigenvalue weighted by molar-refractivity contribution is 5.94. The lowest BCUT2D eigenvalue weighted by Crippen LogP contribution is -2.36. The number of pyridine rings is 1. The molecule has 0 aliphatic carbocycles. The van der Waals surface area contributed by atoms with Crippen molar-refractivity contribution in [1.82, 2.24) is 9.88 Å². The number of carbonyl (C=O) groups is 1. The van der Waals surface area contributed by atoms with E-state index in [2.05, 4.69) is 10.3 Å². The first-order valence-electron chi connectivity index (χ1n) is 9.36. The van der Waals surface area contributed by atoms with Gasteiger partial charge in [-0.25, -0.2) is 0 Å². The number of alkyl halides is 3. The molecule has 5 nitrogen and oxygen atoms in total. The van der Waals surface area contributed by atoms with Gasteiger partial charge >= 0.3 is 6.18 Å². The van der Waals surface area contributed by atoms with Gasteiger partial charge in [-0.05, 0) is 53.9 Å². The summed E-state index contributed by atoms with van der Waals surface area (Å²) >= 11 is 0. The van der Waals surface area contributed by atoms with Crippen LogP contribution in [0.1, 0.15) is 27.0 Å². The fourth-order valence-corrected chi connectivity index (χ4v) is 3.56. The molecule has 0 spiro atoms. The molecule has 4 rings (SSSR count). The zero-order valence-corrected chi connectivity index (χ0v) is 15.9. The number of hydrogen-bond donors (Lipinski definition) is 2. The van der Waals surface area contributed by atoms with E-state index >= 15 is 0 Å². The highest BCUT2D eigenvalue weighted by Crippen LogP contribution is 2.32. The number of halogens is 3. The second kappa shape index (κ2) is 7.70. The number of anilines is 3. The first-order valence-corrected chi connectivity index (χ1v) is 9.36. The van der Waals surface area contributed by atoms with Gasteiger partial charge in [-0.3, -0.25) is 9.78 Å². The molecule has 2 aromatic carbocycles. The maximum atomic E-state index is 12.8. The molecule has 0 radical (unpaired) electrons. The second-order valence-electron chi connectivity index (χ2n) is 7.13. The number of nitrogen functional groups attached to an aromatic ring is 1. The van der Waals surface area contributed by atoms with Crippen LogP contribution in [0.25, 0.3) is 0 Å². The molecule has 2 heterocycles. The minimum Gasteiger partial charge on any atom is -0.397 e. The third-order valence-electron chi connectivity index (χ3n) is 5.05. The Morgan fingerprint density at radius 1 is 1.10 bits per heavy atom. The van der Waals surface area contributed by atoms with Crippen molar-refractivity contribution in [1.29, 1.82) is 0 Å². The molecule has 1 amide bonds. The van der Waals surface area contributed by atoms with Crippen molar-refractivity contribution in [2.45, 2.75) is 19.1 Å². The normalized spacial score (nSPS) is 13.6. The Labute approximate surface area is 171 Å². The Bertz CT molecular complexity index is 1080. The molecule has 8 heteroatoms. The summed E-state index contributed by atoms with van der Waals surface area (Å²) in [5.74, 6) is -0.137. The first-order chi connectivity index (χ1) is 14.3. The lowest BCUT2D eigenvalue weighted by Gasteiger charge is -2.30. The summed E-state index contributed by atoms with van der Waals surface area (Å²) in [6, 6.07) is 12.2. The monoisotopic (exact) mass is 412 g/mol. The van der Waals surface area contributed by atoms with Crippen molar-refractivity contribution >= 4 is 23.0 Å². The quantitative estimate of drug-likeness (QED) is 0.658. The number of fused-ring (bicyclic) bond motifs is 1. The maximum Gasteiger partial charge on any atom is 0.416 e. The molecule has 1 aliphatic heterocycles. The Kier molecular flexibility index (Phi) is 5.07. The van der Waals surface area contributed by atoms with Crippen molar-refractivity contribution < 1.29 is 18.0 Å². The van der Waals surface area contributed by atoms with Crippen LogP contribution in [0.15, 0.2) is 60.9 Å². The highest BCUT2D eigenvalue weighted by atomic mass is 19.4. The van der Waals surface area contributed by atoms with Gasteiger partial charge < -0.3 is 16.0 Å². The number of aromatic nitrogens is 1. The Hall–Kier alpha value is -3.55. The lowest BCUT2D eigenvalue weighted by molar-refractivity contribution is -0.137. The molecule has 0 atom stereocenters. The summed E-state index contributed by atoms with van der Waals surface area (Å²) in [5, 5.41) is 3.20. The Morgan fingerprint density at radius 2 is 1.87 bits per heavy atom. The van der Waals surface area contributed by atoms with Crippen molar-refractivity contribution in [3.05, 3.63) is 83.2 Å². The number of benzene rings is 2. The van der Waals surface area contributed by atoms with Crippen molar-refractivity contribution in [3.8, 4) is 0 Å². The minimum atomic E-state index is -4.36. The molecule has 30 heavy (non-hydrogen) atoms. The largest absolute Gasteiger partial charge is 0.416 e. The van der Waals surface area contributed by atoms with Gasteiger partial charge in [-0.2, -0.15) is 13.2 Å². The standard InChI is InChI=1S/C22H19F3N4O/c23-22(24,25)16-4-6-18(7-5-16)28-20-3-1-2-14-13-29(9-8-19(14)20)21(30)15-10-17(26)12-27-11-15/h1-7,10-12,28H,8-9,13,26H2. The molecule has 0 fully saturated rings. The van der Waals surface area contributed by atoms with E-state index in [0.29, 0.717) is 36.4 Å². The molecule has 0 bridgehead atoms. The van der Waals surface area contributed by atoms with Crippen LogP contribution in [0.2, 0.25) is 0 Å². The van der Waals surface area contributed by atoms with Crippen molar-refractivity contribution in [2.24, 2.45) is 0 Å². The van der Waals surface area contributed by atoms with Gasteiger partial charge in [0.2, 0.25) is 0 Å². The van der Waals surface area contributed by atoms with E-state index in [1.54, 1.807) is 11.0 Å². The molecule has 1 aliphatic rings. The summed E-state index contributed by atoms with van der Waals surface area (Å²) in [5.41, 5.74) is 9.34. The zero-order chi connectivity index (χ0) is 21.3. The predicted molar refractivity (Wildman–Crippen MR) is 108 cm³/mol. The van der Waals surface area contributed by atoms with Gasteiger partial charge in [-0.1, -0.05) is 12.1 Å². The van der Waals surface area contributed by atoms with Crippen LogP contribution in [-0.4, -0.2) is 22.3 Å². The number of nitrogens with two attached hydrogens (primary N) is 1. The van der Waals surface area contributed by atoms with Crippen LogP contribution in [0.4, 0.5) is 30.2 Å². The number of rotatable bonds is 3. The molecule has 3 aromatic rings. The molecule has 3 N–H and O–H groups in total. The van der Waals surface area contributed by atoms with Gasteiger partial charge in [0.1, 0.15) is 0 Å². The second-order valence-corrected chi connectivity index (χ2v) is 7.13. The van der Waals surface area contributed by atoms with Gasteiger partial charge in [-0.15, -0.1) is 0 Å². The van der Waals surface area contributed by atoms with E-state index in [0.717, 1.165) is 28.9 Å². The minimum absolute atomic E-state index is 0.137. The van der Waals surface area contributed by atoms with E-state index in [1.807, 2.05) is 18.2 Å². The number of nitrogens with zero attached hydrogens (tertiary/aromatic N) is 2. The van der Waals surface area contributed by atoms with Crippen molar-refractivity contribution in [2.75, 3.05) is 17.6 Å². The number of carbonyl (C=O) groups excluding carboxylic acids is 1. The summed E-state index contributed by atoms with van der Waals surface area (Å²) < 4.78 is 38.3. The lowest BCUT2D eigenvalue weighted by atomic mass is 9.97. The molecule has 0 saturated carbocycles. The third-order valence-corrected chi connectivity index (χ3v) is 5.05. The number of hydrogen-bond acceptors (Lipinski definition) is 4. The summed E-state index contributed by atoms with van der Waals surface area (Å²) in [6.45, 7) is 0.956. The highest BCUT2D eigenvalue weighted by Gasteiger charge is 2.30. The summed E-state index contributed by atoms with van der Waals surface area (Å²) in [7, 11) is 0. The summed E-state index contributed by atoms with van der Waals surface area (Å²) in [6.07, 6.45) is -0.752. The van der Waals surface area contributed by atoms with Crippen LogP contribution in [0, 0.1) is 0 Å². The van der Waals surface area contributed by atoms with Crippen LogP contribution < -0.4 is 11.1 Å². The molecule has 1 aromatic heterocycles. The van der Waals surface area contributed by atoms with E-state index in [4.69, 9.17) is 5.73 Å².